The Kier molecular flexibility index (Phi) is 5.72. The first-order valence-electron chi connectivity index (χ1n) is 10.4. The minimum absolute atomic E-state index is 0.00892. The third kappa shape index (κ3) is 3.57. The molecule has 29 heavy (non-hydrogen) atoms. The molecule has 1 aromatic heterocycles. The molecule has 1 N–H and O–H groups in total. The van der Waals surface area contributed by atoms with Crippen LogP contribution in [-0.2, 0) is 16.1 Å². The van der Waals surface area contributed by atoms with E-state index in [1.807, 2.05) is 41.3 Å². The quantitative estimate of drug-likeness (QED) is 0.811. The van der Waals surface area contributed by atoms with Crippen LogP contribution in [0.2, 0.25) is 0 Å². The summed E-state index contributed by atoms with van der Waals surface area (Å²) in [6.07, 6.45) is 6.43. The Balaban J connectivity index is 1.74. The maximum atomic E-state index is 13.5. The van der Waals surface area contributed by atoms with Gasteiger partial charge >= 0.3 is 0 Å². The van der Waals surface area contributed by atoms with Gasteiger partial charge in [0.15, 0.2) is 0 Å². The van der Waals surface area contributed by atoms with Crippen molar-refractivity contribution >= 4 is 11.8 Å². The Morgan fingerprint density at radius 3 is 2.72 bits per heavy atom. The first kappa shape index (κ1) is 19.7. The lowest BCUT2D eigenvalue weighted by Crippen LogP contribution is -2.63. The van der Waals surface area contributed by atoms with Gasteiger partial charge in [0.2, 0.25) is 5.91 Å². The third-order valence-corrected chi connectivity index (χ3v) is 6.34. The van der Waals surface area contributed by atoms with Gasteiger partial charge in [-0.2, -0.15) is 0 Å². The van der Waals surface area contributed by atoms with Crippen LogP contribution in [0, 0.1) is 0 Å². The highest BCUT2D eigenvalue weighted by Gasteiger charge is 2.54. The highest BCUT2D eigenvalue weighted by atomic mass is 16.5. The molecule has 4 rings (SSSR count). The van der Waals surface area contributed by atoms with Gasteiger partial charge in [0.25, 0.3) is 5.91 Å². The summed E-state index contributed by atoms with van der Waals surface area (Å²) in [5.74, 6) is 0.274. The van der Waals surface area contributed by atoms with E-state index in [2.05, 4.69) is 5.32 Å². The number of nitrogens with zero attached hydrogens (tertiary/aromatic N) is 1. The van der Waals surface area contributed by atoms with E-state index >= 15 is 0 Å². The molecule has 1 aromatic carbocycles. The zero-order chi connectivity index (χ0) is 20.3. The fourth-order valence-corrected chi connectivity index (χ4v) is 5.04. The Morgan fingerprint density at radius 1 is 1.21 bits per heavy atom. The molecule has 1 fully saturated rings. The smallest absolute Gasteiger partial charge is 0.254 e. The molecule has 6 nitrogen and oxygen atoms in total. The summed E-state index contributed by atoms with van der Waals surface area (Å²) < 4.78 is 10.7. The van der Waals surface area contributed by atoms with E-state index in [-0.39, 0.29) is 11.8 Å². The monoisotopic (exact) mass is 396 g/mol. The van der Waals surface area contributed by atoms with E-state index in [0.29, 0.717) is 31.0 Å². The van der Waals surface area contributed by atoms with E-state index in [4.69, 9.17) is 9.15 Å². The largest absolute Gasteiger partial charge is 0.467 e. The molecule has 1 spiro atoms. The molecule has 6 heteroatoms. The molecule has 1 atom stereocenters. The fraction of sp³-hybridized carbons (Fsp3) is 0.478. The standard InChI is InChI=1S/C23H28N2O4/c1-28-15-13-25-22(27)19-10-4-3-9-18(19)20(23(25)11-5-2-6-12-23)21(26)24-16-17-8-7-14-29-17/h3-4,7-10,14,20H,2,5-6,11-13,15-16H2,1H3,(H,24,26)/t20-/m0/s1. The Hall–Kier alpha value is -2.60. The van der Waals surface area contributed by atoms with Crippen molar-refractivity contribution in [2.24, 2.45) is 0 Å². The first-order valence-corrected chi connectivity index (χ1v) is 10.4. The van der Waals surface area contributed by atoms with E-state index < -0.39 is 11.5 Å². The van der Waals surface area contributed by atoms with Gasteiger partial charge in [-0.3, -0.25) is 9.59 Å². The molecule has 0 unspecified atom stereocenters. The van der Waals surface area contributed by atoms with Crippen molar-refractivity contribution in [2.45, 2.75) is 50.1 Å². The highest BCUT2D eigenvalue weighted by Crippen LogP contribution is 2.49. The molecule has 2 heterocycles. The molecule has 2 aromatic rings. The second-order valence-corrected chi connectivity index (χ2v) is 7.93. The lowest BCUT2D eigenvalue weighted by atomic mass is 9.65. The second-order valence-electron chi connectivity index (χ2n) is 7.93. The van der Waals surface area contributed by atoms with Crippen LogP contribution in [0.5, 0.6) is 0 Å². The van der Waals surface area contributed by atoms with Crippen molar-refractivity contribution < 1.29 is 18.7 Å². The van der Waals surface area contributed by atoms with E-state index in [0.717, 1.165) is 37.7 Å². The molecule has 2 amide bonds. The molecule has 1 aliphatic heterocycles. The van der Waals surface area contributed by atoms with Crippen LogP contribution >= 0.6 is 0 Å². The summed E-state index contributed by atoms with van der Waals surface area (Å²) in [5.41, 5.74) is 0.957. The molecule has 154 valence electrons. The predicted molar refractivity (Wildman–Crippen MR) is 108 cm³/mol. The van der Waals surface area contributed by atoms with Crippen LogP contribution in [0.1, 0.15) is 59.7 Å². The van der Waals surface area contributed by atoms with Crippen LogP contribution in [-0.4, -0.2) is 42.5 Å². The molecule has 2 aliphatic rings. The molecule has 1 saturated carbocycles. The summed E-state index contributed by atoms with van der Waals surface area (Å²) in [7, 11) is 1.64. The van der Waals surface area contributed by atoms with Crippen LogP contribution in [0.3, 0.4) is 0 Å². The summed E-state index contributed by atoms with van der Waals surface area (Å²) in [5, 5.41) is 3.06. The van der Waals surface area contributed by atoms with Crippen LogP contribution in [0.4, 0.5) is 0 Å². The maximum Gasteiger partial charge on any atom is 0.254 e. The number of carbonyl (C=O) groups excluding carboxylic acids is 2. The lowest BCUT2D eigenvalue weighted by Gasteiger charge is -2.53. The fourth-order valence-electron chi connectivity index (χ4n) is 5.04. The molecule has 0 bridgehead atoms. The van der Waals surface area contributed by atoms with Crippen molar-refractivity contribution in [1.29, 1.82) is 0 Å². The van der Waals surface area contributed by atoms with Gasteiger partial charge in [-0.1, -0.05) is 37.5 Å². The number of nitrogens with one attached hydrogen (secondary N) is 1. The molecule has 1 aliphatic carbocycles. The third-order valence-electron chi connectivity index (χ3n) is 6.34. The number of furan rings is 1. The molecular weight excluding hydrogens is 368 g/mol. The summed E-state index contributed by atoms with van der Waals surface area (Å²) in [4.78, 5) is 28.9. The number of amides is 2. The molecule has 0 radical (unpaired) electrons. The number of fused-ring (bicyclic) bond motifs is 1. The first-order chi connectivity index (χ1) is 14.2. The SMILES string of the molecule is COCCN1C(=O)c2ccccc2[C@@H](C(=O)NCc2ccco2)C12CCCCC2. The van der Waals surface area contributed by atoms with Crippen molar-refractivity contribution in [2.75, 3.05) is 20.3 Å². The Bertz CT molecular complexity index is 856. The van der Waals surface area contributed by atoms with Gasteiger partial charge in [0.05, 0.1) is 30.9 Å². The van der Waals surface area contributed by atoms with Gasteiger partial charge < -0.3 is 19.4 Å². The molecule has 0 saturated heterocycles. The molecular formula is C23H28N2O4. The van der Waals surface area contributed by atoms with Gasteiger partial charge in [-0.25, -0.2) is 0 Å². The van der Waals surface area contributed by atoms with Gasteiger partial charge in [0, 0.05) is 19.2 Å². The second kappa shape index (κ2) is 8.41. The Morgan fingerprint density at radius 2 is 2.00 bits per heavy atom. The summed E-state index contributed by atoms with van der Waals surface area (Å²) in [6, 6.07) is 11.2. The highest BCUT2D eigenvalue weighted by molar-refractivity contribution is 6.02. The number of carbonyl (C=O) groups is 2. The lowest BCUT2D eigenvalue weighted by molar-refractivity contribution is -0.127. The number of methoxy groups -OCH3 is 1. The zero-order valence-corrected chi connectivity index (χ0v) is 16.9. The van der Waals surface area contributed by atoms with Crippen molar-refractivity contribution in [1.82, 2.24) is 10.2 Å². The summed E-state index contributed by atoms with van der Waals surface area (Å²) >= 11 is 0. The average molecular weight is 396 g/mol. The topological polar surface area (TPSA) is 71.8 Å². The number of benzene rings is 1. The minimum atomic E-state index is -0.504. The zero-order valence-electron chi connectivity index (χ0n) is 16.9. The Labute approximate surface area is 171 Å². The van der Waals surface area contributed by atoms with E-state index in [9.17, 15) is 9.59 Å². The number of rotatable bonds is 6. The van der Waals surface area contributed by atoms with Gasteiger partial charge in [0.1, 0.15) is 5.76 Å². The predicted octanol–water partition coefficient (Wildman–Crippen LogP) is 3.48. The van der Waals surface area contributed by atoms with E-state index in [1.54, 1.807) is 13.4 Å². The number of ether oxygens (including phenoxy) is 1. The average Bonchev–Trinajstić information content (AvgIpc) is 3.27. The van der Waals surface area contributed by atoms with Crippen LogP contribution in [0.25, 0.3) is 0 Å². The normalized spacial score (nSPS) is 20.5. The number of hydrogen-bond acceptors (Lipinski definition) is 4. The van der Waals surface area contributed by atoms with E-state index in [1.165, 1.54) is 0 Å². The number of hydrogen-bond donors (Lipinski definition) is 1. The van der Waals surface area contributed by atoms with Gasteiger partial charge in [-0.05, 0) is 36.6 Å². The van der Waals surface area contributed by atoms with Crippen molar-refractivity contribution in [3.8, 4) is 0 Å². The maximum absolute atomic E-state index is 13.5. The van der Waals surface area contributed by atoms with Crippen LogP contribution < -0.4 is 5.32 Å². The van der Waals surface area contributed by atoms with Crippen LogP contribution in [0.15, 0.2) is 47.1 Å². The van der Waals surface area contributed by atoms with Gasteiger partial charge in [-0.15, -0.1) is 0 Å². The van der Waals surface area contributed by atoms with Crippen molar-refractivity contribution in [3.63, 3.8) is 0 Å². The summed E-state index contributed by atoms with van der Waals surface area (Å²) in [6.45, 7) is 1.29. The van der Waals surface area contributed by atoms with Crippen molar-refractivity contribution in [3.05, 3.63) is 59.5 Å². The minimum Gasteiger partial charge on any atom is -0.467 e.